The molecule has 108 valence electrons. The molecule has 1 aromatic carbocycles. The summed E-state index contributed by atoms with van der Waals surface area (Å²) in [6.45, 7) is 7.41. The number of nitrogens with two attached hydrogens (primary N) is 1. The van der Waals surface area contributed by atoms with Gasteiger partial charge in [0.2, 0.25) is 0 Å². The van der Waals surface area contributed by atoms with Crippen LogP contribution >= 0.6 is 0 Å². The first kappa shape index (κ1) is 15.8. The number of halogens is 1. The molecule has 0 aliphatic rings. The summed E-state index contributed by atoms with van der Waals surface area (Å²) < 4.78 is 25.0. The molecule has 1 rings (SSSR count). The minimum absolute atomic E-state index is 0.124. The van der Waals surface area contributed by atoms with Gasteiger partial charge in [0.25, 0.3) is 0 Å². The minimum atomic E-state index is -0.239. The Kier molecular flexibility index (Phi) is 6.64. The van der Waals surface area contributed by atoms with Crippen LogP contribution in [0.4, 0.5) is 4.39 Å². The van der Waals surface area contributed by atoms with E-state index in [1.54, 1.807) is 6.07 Å². The highest BCUT2D eigenvalue weighted by Gasteiger charge is 2.16. The van der Waals surface area contributed by atoms with Gasteiger partial charge in [-0.1, -0.05) is 6.92 Å². The first-order chi connectivity index (χ1) is 9.13. The van der Waals surface area contributed by atoms with E-state index in [9.17, 15) is 4.39 Å². The van der Waals surface area contributed by atoms with Crippen molar-refractivity contribution in [3.63, 3.8) is 0 Å². The van der Waals surface area contributed by atoms with Crippen LogP contribution in [-0.2, 0) is 0 Å². The molecule has 0 saturated heterocycles. The molecule has 0 aromatic heterocycles. The fourth-order valence-corrected chi connectivity index (χ4v) is 2.04. The highest BCUT2D eigenvalue weighted by molar-refractivity contribution is 5.44. The standard InChI is InChI=1S/C15H24FNO2/c1-4-18-14-9-12(11(3)7-6-8-17)13(16)10-15(14)19-5-2/h9-11H,4-8,17H2,1-3H3. The van der Waals surface area contributed by atoms with Crippen molar-refractivity contribution in [2.24, 2.45) is 5.73 Å². The van der Waals surface area contributed by atoms with E-state index in [2.05, 4.69) is 0 Å². The van der Waals surface area contributed by atoms with E-state index in [-0.39, 0.29) is 11.7 Å². The second kappa shape index (κ2) is 8.00. The van der Waals surface area contributed by atoms with Crippen molar-refractivity contribution >= 4 is 0 Å². The van der Waals surface area contributed by atoms with Crippen LogP contribution in [0.2, 0.25) is 0 Å². The molecule has 1 unspecified atom stereocenters. The van der Waals surface area contributed by atoms with Gasteiger partial charge in [0.15, 0.2) is 11.5 Å². The molecule has 0 saturated carbocycles. The number of hydrogen-bond acceptors (Lipinski definition) is 3. The van der Waals surface area contributed by atoms with Crippen LogP contribution in [0.15, 0.2) is 12.1 Å². The van der Waals surface area contributed by atoms with Crippen molar-refractivity contribution < 1.29 is 13.9 Å². The molecule has 2 N–H and O–H groups in total. The van der Waals surface area contributed by atoms with E-state index >= 15 is 0 Å². The van der Waals surface area contributed by atoms with E-state index in [0.717, 1.165) is 12.8 Å². The van der Waals surface area contributed by atoms with Gasteiger partial charge in [0.05, 0.1) is 13.2 Å². The maximum atomic E-state index is 14.1. The van der Waals surface area contributed by atoms with Crippen molar-refractivity contribution in [1.82, 2.24) is 0 Å². The third-order valence-electron chi connectivity index (χ3n) is 3.03. The maximum Gasteiger partial charge on any atom is 0.164 e. The molecule has 0 aliphatic carbocycles. The van der Waals surface area contributed by atoms with Gasteiger partial charge in [-0.3, -0.25) is 0 Å². The zero-order valence-corrected chi connectivity index (χ0v) is 12.0. The quantitative estimate of drug-likeness (QED) is 0.786. The Bertz CT molecular complexity index is 396. The molecule has 19 heavy (non-hydrogen) atoms. The zero-order chi connectivity index (χ0) is 14.3. The van der Waals surface area contributed by atoms with Crippen molar-refractivity contribution in [2.45, 2.75) is 39.5 Å². The van der Waals surface area contributed by atoms with Gasteiger partial charge >= 0.3 is 0 Å². The van der Waals surface area contributed by atoms with Crippen LogP contribution in [0.25, 0.3) is 0 Å². The van der Waals surface area contributed by atoms with Gasteiger partial charge in [0, 0.05) is 6.07 Å². The van der Waals surface area contributed by atoms with Crippen molar-refractivity contribution in [3.05, 3.63) is 23.5 Å². The van der Waals surface area contributed by atoms with E-state index in [0.29, 0.717) is 36.8 Å². The Balaban J connectivity index is 3.01. The summed E-state index contributed by atoms with van der Waals surface area (Å²) in [5, 5.41) is 0. The zero-order valence-electron chi connectivity index (χ0n) is 12.0. The predicted octanol–water partition coefficient (Wildman–Crippen LogP) is 3.47. The van der Waals surface area contributed by atoms with E-state index in [4.69, 9.17) is 15.2 Å². The normalized spacial score (nSPS) is 12.3. The number of ether oxygens (including phenoxy) is 2. The number of rotatable bonds is 8. The average Bonchev–Trinajstić information content (AvgIpc) is 2.39. The summed E-state index contributed by atoms with van der Waals surface area (Å²) >= 11 is 0. The average molecular weight is 269 g/mol. The highest BCUT2D eigenvalue weighted by atomic mass is 19.1. The first-order valence-corrected chi connectivity index (χ1v) is 6.93. The minimum Gasteiger partial charge on any atom is -0.490 e. The maximum absolute atomic E-state index is 14.1. The van der Waals surface area contributed by atoms with Crippen LogP contribution in [0, 0.1) is 5.82 Å². The van der Waals surface area contributed by atoms with Crippen LogP contribution in [0.3, 0.4) is 0 Å². The smallest absolute Gasteiger partial charge is 0.164 e. The van der Waals surface area contributed by atoms with E-state index in [1.807, 2.05) is 20.8 Å². The predicted molar refractivity (Wildman–Crippen MR) is 75.4 cm³/mol. The van der Waals surface area contributed by atoms with Gasteiger partial charge in [-0.15, -0.1) is 0 Å². The second-order valence-corrected chi connectivity index (χ2v) is 4.52. The molecule has 4 heteroatoms. The number of benzene rings is 1. The molecule has 1 atom stereocenters. The van der Waals surface area contributed by atoms with Crippen molar-refractivity contribution in [1.29, 1.82) is 0 Å². The Labute approximate surface area is 114 Å². The van der Waals surface area contributed by atoms with Gasteiger partial charge in [-0.2, -0.15) is 0 Å². The third-order valence-corrected chi connectivity index (χ3v) is 3.03. The monoisotopic (exact) mass is 269 g/mol. The fourth-order valence-electron chi connectivity index (χ4n) is 2.04. The number of hydrogen-bond donors (Lipinski definition) is 1. The molecule has 0 fully saturated rings. The summed E-state index contributed by atoms with van der Waals surface area (Å²) in [5.74, 6) is 0.965. The third kappa shape index (κ3) is 4.39. The Morgan fingerprint density at radius 3 is 2.26 bits per heavy atom. The van der Waals surface area contributed by atoms with Crippen LogP contribution in [0.1, 0.15) is 45.1 Å². The second-order valence-electron chi connectivity index (χ2n) is 4.52. The highest BCUT2D eigenvalue weighted by Crippen LogP contribution is 2.34. The Morgan fingerprint density at radius 2 is 1.74 bits per heavy atom. The van der Waals surface area contributed by atoms with Crippen molar-refractivity contribution in [3.8, 4) is 11.5 Å². The largest absolute Gasteiger partial charge is 0.490 e. The molecule has 0 amide bonds. The molecular formula is C15H24FNO2. The summed E-state index contributed by atoms with van der Waals surface area (Å²) in [4.78, 5) is 0. The molecule has 3 nitrogen and oxygen atoms in total. The molecule has 0 radical (unpaired) electrons. The topological polar surface area (TPSA) is 44.5 Å². The van der Waals surface area contributed by atoms with Crippen molar-refractivity contribution in [2.75, 3.05) is 19.8 Å². The molecular weight excluding hydrogens is 245 g/mol. The molecule has 0 heterocycles. The first-order valence-electron chi connectivity index (χ1n) is 6.93. The molecule has 0 bridgehead atoms. The summed E-state index contributed by atoms with van der Waals surface area (Å²) in [5.41, 5.74) is 6.16. The molecule has 0 aliphatic heterocycles. The van der Waals surface area contributed by atoms with Crippen LogP contribution in [0.5, 0.6) is 11.5 Å². The van der Waals surface area contributed by atoms with Gasteiger partial charge in [-0.05, 0) is 50.8 Å². The summed E-state index contributed by atoms with van der Waals surface area (Å²) in [7, 11) is 0. The summed E-state index contributed by atoms with van der Waals surface area (Å²) in [6.07, 6.45) is 1.75. The van der Waals surface area contributed by atoms with Gasteiger partial charge in [0.1, 0.15) is 5.82 Å². The van der Waals surface area contributed by atoms with Crippen LogP contribution in [-0.4, -0.2) is 19.8 Å². The Morgan fingerprint density at radius 1 is 1.16 bits per heavy atom. The molecule has 0 spiro atoms. The van der Waals surface area contributed by atoms with E-state index < -0.39 is 0 Å². The Hall–Kier alpha value is -1.29. The lowest BCUT2D eigenvalue weighted by atomic mass is 9.95. The van der Waals surface area contributed by atoms with Crippen LogP contribution < -0.4 is 15.2 Å². The lowest BCUT2D eigenvalue weighted by Gasteiger charge is -2.17. The molecule has 1 aromatic rings. The lowest BCUT2D eigenvalue weighted by Crippen LogP contribution is -2.05. The fraction of sp³-hybridized carbons (Fsp3) is 0.600. The van der Waals surface area contributed by atoms with E-state index in [1.165, 1.54) is 6.07 Å². The lowest BCUT2D eigenvalue weighted by molar-refractivity contribution is 0.285. The van der Waals surface area contributed by atoms with Gasteiger partial charge < -0.3 is 15.2 Å². The van der Waals surface area contributed by atoms with Gasteiger partial charge in [-0.25, -0.2) is 4.39 Å². The SMILES string of the molecule is CCOc1cc(F)c(C(C)CCCN)cc1OCC. The summed E-state index contributed by atoms with van der Waals surface area (Å²) in [6, 6.07) is 3.17.